The first-order chi connectivity index (χ1) is 15.5. The lowest BCUT2D eigenvalue weighted by Gasteiger charge is -2.13. The zero-order valence-electron chi connectivity index (χ0n) is 16.5. The minimum absolute atomic E-state index is 0.0121. The van der Waals surface area contributed by atoms with Gasteiger partial charge in [0.15, 0.2) is 5.16 Å². The average molecular weight is 511 g/mol. The third-order valence-corrected chi connectivity index (χ3v) is 5.88. The standard InChI is InChI=1S/C23H16BrFN4O2S/c24-16-8-10-18(11-9-16)29-22(31)19-6-1-2-7-20(19)27-23(29)32-14-21(30)28-26-13-15-4-3-5-17(25)12-15/h1-13H,14H2,(H,28,30)/b26-13-. The van der Waals surface area contributed by atoms with Gasteiger partial charge in [0.05, 0.1) is 28.6 Å². The Balaban J connectivity index is 1.56. The van der Waals surface area contributed by atoms with Gasteiger partial charge in [-0.05, 0) is 54.1 Å². The van der Waals surface area contributed by atoms with Gasteiger partial charge in [0.2, 0.25) is 0 Å². The van der Waals surface area contributed by atoms with E-state index < -0.39 is 0 Å². The van der Waals surface area contributed by atoms with E-state index in [4.69, 9.17) is 0 Å². The molecule has 0 bridgehead atoms. The number of fused-ring (bicyclic) bond motifs is 1. The second kappa shape index (κ2) is 9.88. The lowest BCUT2D eigenvalue weighted by atomic mass is 10.2. The number of nitrogens with one attached hydrogen (secondary N) is 1. The largest absolute Gasteiger partial charge is 0.272 e. The molecule has 3 aromatic carbocycles. The SMILES string of the molecule is O=C(CSc1nc2ccccc2c(=O)n1-c1ccc(Br)cc1)N/N=C\c1cccc(F)c1. The van der Waals surface area contributed by atoms with Crippen molar-refractivity contribution in [3.05, 3.63) is 99.0 Å². The normalized spacial score (nSPS) is 11.2. The summed E-state index contributed by atoms with van der Waals surface area (Å²) >= 11 is 4.52. The van der Waals surface area contributed by atoms with Gasteiger partial charge in [0.1, 0.15) is 5.82 Å². The number of carbonyl (C=O) groups is 1. The van der Waals surface area contributed by atoms with Crippen molar-refractivity contribution in [2.24, 2.45) is 5.10 Å². The maximum Gasteiger partial charge on any atom is 0.266 e. The Labute approximate surface area is 195 Å². The molecule has 0 saturated carbocycles. The van der Waals surface area contributed by atoms with Crippen LogP contribution in [0.25, 0.3) is 16.6 Å². The Morgan fingerprint density at radius 1 is 1.12 bits per heavy atom. The Morgan fingerprint density at radius 2 is 1.91 bits per heavy atom. The molecule has 0 atom stereocenters. The third-order valence-electron chi connectivity index (χ3n) is 4.41. The fraction of sp³-hybridized carbons (Fsp3) is 0.0435. The minimum atomic E-state index is -0.385. The van der Waals surface area contributed by atoms with E-state index in [1.54, 1.807) is 48.5 Å². The molecule has 1 heterocycles. The molecule has 4 rings (SSSR count). The van der Waals surface area contributed by atoms with Crippen molar-refractivity contribution < 1.29 is 9.18 Å². The highest BCUT2D eigenvalue weighted by Crippen LogP contribution is 2.22. The van der Waals surface area contributed by atoms with Crippen LogP contribution in [0.5, 0.6) is 0 Å². The lowest BCUT2D eigenvalue weighted by molar-refractivity contribution is -0.118. The number of hydrogen-bond acceptors (Lipinski definition) is 5. The van der Waals surface area contributed by atoms with Gasteiger partial charge >= 0.3 is 0 Å². The summed E-state index contributed by atoms with van der Waals surface area (Å²) in [7, 11) is 0. The smallest absolute Gasteiger partial charge is 0.266 e. The van der Waals surface area contributed by atoms with Gasteiger partial charge in [-0.3, -0.25) is 14.2 Å². The molecular weight excluding hydrogens is 495 g/mol. The summed E-state index contributed by atoms with van der Waals surface area (Å²) in [5, 5.41) is 4.73. The van der Waals surface area contributed by atoms with E-state index in [9.17, 15) is 14.0 Å². The number of amides is 1. The van der Waals surface area contributed by atoms with Crippen LogP contribution in [0.2, 0.25) is 0 Å². The molecule has 0 fully saturated rings. The number of benzene rings is 3. The molecule has 160 valence electrons. The number of carbonyl (C=O) groups excluding carboxylic acids is 1. The van der Waals surface area contributed by atoms with Crippen molar-refractivity contribution in [3.8, 4) is 5.69 Å². The van der Waals surface area contributed by atoms with Crippen LogP contribution in [0, 0.1) is 5.82 Å². The van der Waals surface area contributed by atoms with Gasteiger partial charge in [-0.25, -0.2) is 14.8 Å². The van der Waals surface area contributed by atoms with Crippen LogP contribution in [0.15, 0.2) is 92.3 Å². The van der Waals surface area contributed by atoms with Gasteiger partial charge in [0, 0.05) is 4.47 Å². The number of halogens is 2. The van der Waals surface area contributed by atoms with Crippen molar-refractivity contribution in [3.63, 3.8) is 0 Å². The molecular formula is C23H16BrFN4O2S. The Hall–Kier alpha value is -3.30. The van der Waals surface area contributed by atoms with Crippen molar-refractivity contribution >= 4 is 50.7 Å². The highest BCUT2D eigenvalue weighted by Gasteiger charge is 2.14. The molecule has 6 nitrogen and oxygen atoms in total. The molecule has 0 aliphatic rings. The van der Waals surface area contributed by atoms with E-state index in [0.717, 1.165) is 16.2 Å². The number of rotatable bonds is 6. The van der Waals surface area contributed by atoms with Crippen LogP contribution in [0.1, 0.15) is 5.56 Å². The maximum absolute atomic E-state index is 13.2. The van der Waals surface area contributed by atoms with Crippen molar-refractivity contribution in [2.75, 3.05) is 5.75 Å². The molecule has 0 saturated heterocycles. The van der Waals surface area contributed by atoms with Crippen LogP contribution in [0.4, 0.5) is 4.39 Å². The molecule has 0 radical (unpaired) electrons. The first-order valence-corrected chi connectivity index (χ1v) is 11.3. The van der Waals surface area contributed by atoms with E-state index in [0.29, 0.717) is 27.3 Å². The van der Waals surface area contributed by atoms with Gasteiger partial charge in [-0.15, -0.1) is 0 Å². The summed E-state index contributed by atoms with van der Waals surface area (Å²) in [4.78, 5) is 30.1. The average Bonchev–Trinajstić information content (AvgIpc) is 2.79. The molecule has 0 aliphatic carbocycles. The number of hydrazone groups is 1. The van der Waals surface area contributed by atoms with Crippen molar-refractivity contribution in [1.29, 1.82) is 0 Å². The second-order valence-corrected chi connectivity index (χ2v) is 8.52. The summed E-state index contributed by atoms with van der Waals surface area (Å²) in [6.45, 7) is 0. The van der Waals surface area contributed by atoms with Crippen molar-refractivity contribution in [1.82, 2.24) is 15.0 Å². The summed E-state index contributed by atoms with van der Waals surface area (Å²) in [5.74, 6) is -0.779. The van der Waals surface area contributed by atoms with Crippen LogP contribution in [-0.4, -0.2) is 27.4 Å². The number of aromatic nitrogens is 2. The fourth-order valence-electron chi connectivity index (χ4n) is 2.96. The van der Waals surface area contributed by atoms with Gasteiger partial charge < -0.3 is 0 Å². The molecule has 32 heavy (non-hydrogen) atoms. The van der Waals surface area contributed by atoms with Crippen LogP contribution in [-0.2, 0) is 4.79 Å². The van der Waals surface area contributed by atoms with Crippen molar-refractivity contribution in [2.45, 2.75) is 5.16 Å². The first-order valence-electron chi connectivity index (χ1n) is 9.49. The zero-order valence-corrected chi connectivity index (χ0v) is 18.9. The predicted molar refractivity (Wildman–Crippen MR) is 128 cm³/mol. The van der Waals surface area contributed by atoms with Crippen LogP contribution in [0.3, 0.4) is 0 Å². The van der Waals surface area contributed by atoms with E-state index in [1.165, 1.54) is 22.9 Å². The summed E-state index contributed by atoms with van der Waals surface area (Å²) in [5.41, 5.74) is 3.91. The van der Waals surface area contributed by atoms with Gasteiger partial charge in [0.25, 0.3) is 11.5 Å². The number of hydrogen-bond donors (Lipinski definition) is 1. The topological polar surface area (TPSA) is 76.3 Å². The molecule has 0 unspecified atom stereocenters. The predicted octanol–water partition coefficient (Wildman–Crippen LogP) is 4.53. The van der Waals surface area contributed by atoms with E-state index in [2.05, 4.69) is 31.4 Å². The van der Waals surface area contributed by atoms with Crippen LogP contribution < -0.4 is 11.0 Å². The molecule has 0 spiro atoms. The monoisotopic (exact) mass is 510 g/mol. The molecule has 9 heteroatoms. The van der Waals surface area contributed by atoms with Gasteiger partial charge in [-0.2, -0.15) is 5.10 Å². The molecule has 1 aromatic heterocycles. The highest BCUT2D eigenvalue weighted by molar-refractivity contribution is 9.10. The van der Waals surface area contributed by atoms with Crippen LogP contribution >= 0.6 is 27.7 Å². The first kappa shape index (κ1) is 21.9. The Morgan fingerprint density at radius 3 is 2.69 bits per heavy atom. The summed E-state index contributed by atoms with van der Waals surface area (Å²) < 4.78 is 15.6. The fourth-order valence-corrected chi connectivity index (χ4v) is 4.02. The number of thioether (sulfide) groups is 1. The number of nitrogens with zero attached hydrogens (tertiary/aromatic N) is 3. The minimum Gasteiger partial charge on any atom is -0.272 e. The molecule has 4 aromatic rings. The van der Waals surface area contributed by atoms with E-state index >= 15 is 0 Å². The molecule has 1 N–H and O–H groups in total. The summed E-state index contributed by atoms with van der Waals surface area (Å²) in [6.07, 6.45) is 1.36. The molecule has 0 aliphatic heterocycles. The second-order valence-electron chi connectivity index (χ2n) is 6.67. The maximum atomic E-state index is 13.2. The lowest BCUT2D eigenvalue weighted by Crippen LogP contribution is -2.24. The quantitative estimate of drug-likeness (QED) is 0.179. The van der Waals surface area contributed by atoms with E-state index in [1.807, 2.05) is 12.1 Å². The Bertz CT molecular complexity index is 1370. The summed E-state index contributed by atoms with van der Waals surface area (Å²) in [6, 6.07) is 20.2. The third kappa shape index (κ3) is 5.12. The Kier molecular flexibility index (Phi) is 6.77. The highest BCUT2D eigenvalue weighted by atomic mass is 79.9. The molecule has 1 amide bonds. The van der Waals surface area contributed by atoms with E-state index in [-0.39, 0.29) is 23.0 Å². The number of para-hydroxylation sites is 1. The zero-order chi connectivity index (χ0) is 22.5. The van der Waals surface area contributed by atoms with Gasteiger partial charge in [-0.1, -0.05) is 52.0 Å².